The van der Waals surface area contributed by atoms with E-state index in [-0.39, 0.29) is 0 Å². The fourth-order valence-electron chi connectivity index (χ4n) is 4.06. The van der Waals surface area contributed by atoms with Crippen molar-refractivity contribution in [3.05, 3.63) is 88.1 Å². The molecule has 0 bridgehead atoms. The van der Waals surface area contributed by atoms with Gasteiger partial charge in [0.2, 0.25) is 5.82 Å². The minimum absolute atomic E-state index is 0.538. The molecule has 6 rings (SSSR count). The van der Waals surface area contributed by atoms with Crippen LogP contribution in [-0.2, 0) is 13.6 Å². The SMILES string of the molecule is Cc1cc2c(s1)-n1c(C)nnc1N(Cc1ccc(-c3nnn(C)n3)cc1)N=C2c1ccccc1. The number of rotatable bonds is 4. The molecule has 0 aliphatic carbocycles. The Morgan fingerprint density at radius 1 is 0.882 bits per heavy atom. The van der Waals surface area contributed by atoms with Gasteiger partial charge in [-0.2, -0.15) is 9.90 Å². The maximum Gasteiger partial charge on any atom is 0.253 e. The first-order chi connectivity index (χ1) is 16.6. The number of fused-ring (bicyclic) bond motifs is 3. The zero-order valence-electron chi connectivity index (χ0n) is 18.9. The molecule has 9 nitrogen and oxygen atoms in total. The highest BCUT2D eigenvalue weighted by Gasteiger charge is 2.28. The van der Waals surface area contributed by atoms with Crippen molar-refractivity contribution in [2.75, 3.05) is 5.01 Å². The Morgan fingerprint density at radius 3 is 2.41 bits per heavy atom. The lowest BCUT2D eigenvalue weighted by atomic mass is 10.0. The third-order valence-electron chi connectivity index (χ3n) is 5.65. The number of anilines is 1. The first-order valence-corrected chi connectivity index (χ1v) is 11.7. The smallest absolute Gasteiger partial charge is 0.253 e. The van der Waals surface area contributed by atoms with Crippen molar-refractivity contribution >= 4 is 23.0 Å². The van der Waals surface area contributed by atoms with E-state index in [2.05, 4.69) is 67.4 Å². The molecule has 0 atom stereocenters. The van der Waals surface area contributed by atoms with Crippen molar-refractivity contribution < 1.29 is 0 Å². The number of tetrazole rings is 1. The minimum atomic E-state index is 0.538. The molecule has 2 aromatic carbocycles. The molecule has 5 aromatic rings. The molecule has 0 saturated carbocycles. The van der Waals surface area contributed by atoms with Crippen LogP contribution in [0.3, 0.4) is 0 Å². The summed E-state index contributed by atoms with van der Waals surface area (Å²) in [6, 6.07) is 20.6. The van der Waals surface area contributed by atoms with Crippen LogP contribution in [0.25, 0.3) is 16.4 Å². The van der Waals surface area contributed by atoms with E-state index in [9.17, 15) is 0 Å². The van der Waals surface area contributed by atoms with Crippen molar-refractivity contribution in [1.82, 2.24) is 35.0 Å². The summed E-state index contributed by atoms with van der Waals surface area (Å²) in [6.45, 7) is 4.63. The molecule has 3 aromatic heterocycles. The highest BCUT2D eigenvalue weighted by molar-refractivity contribution is 7.15. The summed E-state index contributed by atoms with van der Waals surface area (Å²) >= 11 is 1.73. The van der Waals surface area contributed by atoms with Crippen LogP contribution in [0.2, 0.25) is 0 Å². The zero-order chi connectivity index (χ0) is 23.2. The van der Waals surface area contributed by atoms with Crippen molar-refractivity contribution in [1.29, 1.82) is 0 Å². The summed E-state index contributed by atoms with van der Waals surface area (Å²) < 4.78 is 2.10. The van der Waals surface area contributed by atoms with Gasteiger partial charge in [0.25, 0.3) is 5.95 Å². The normalized spacial score (nSPS) is 12.8. The Hall–Kier alpha value is -4.18. The first-order valence-electron chi connectivity index (χ1n) is 10.8. The van der Waals surface area contributed by atoms with Gasteiger partial charge in [0.15, 0.2) is 0 Å². The Labute approximate surface area is 200 Å². The second kappa shape index (κ2) is 7.99. The van der Waals surface area contributed by atoms with E-state index in [4.69, 9.17) is 5.10 Å². The molecule has 0 fully saturated rings. The second-order valence-corrected chi connectivity index (χ2v) is 9.36. The fourth-order valence-corrected chi connectivity index (χ4v) is 5.11. The van der Waals surface area contributed by atoms with Gasteiger partial charge in [-0.15, -0.1) is 31.7 Å². The average Bonchev–Trinajstić information content (AvgIpc) is 3.54. The average molecular weight is 468 g/mol. The number of hydrogen-bond donors (Lipinski definition) is 0. The molecule has 0 radical (unpaired) electrons. The van der Waals surface area contributed by atoms with Crippen molar-refractivity contribution in [3.8, 4) is 16.4 Å². The predicted molar refractivity (Wildman–Crippen MR) is 131 cm³/mol. The fraction of sp³-hybridized carbons (Fsp3) is 0.167. The van der Waals surface area contributed by atoms with E-state index < -0.39 is 0 Å². The zero-order valence-corrected chi connectivity index (χ0v) is 19.7. The summed E-state index contributed by atoms with van der Waals surface area (Å²) in [7, 11) is 1.75. The van der Waals surface area contributed by atoms with Crippen LogP contribution in [0.15, 0.2) is 65.8 Å². The lowest BCUT2D eigenvalue weighted by Crippen LogP contribution is -2.20. The number of aromatic nitrogens is 7. The molecule has 168 valence electrons. The van der Waals surface area contributed by atoms with E-state index >= 15 is 0 Å². The maximum absolute atomic E-state index is 5.13. The van der Waals surface area contributed by atoms with Crippen LogP contribution in [0, 0.1) is 13.8 Å². The third-order valence-corrected chi connectivity index (χ3v) is 6.69. The molecule has 0 amide bonds. The van der Waals surface area contributed by atoms with E-state index in [0.717, 1.165) is 38.8 Å². The Balaban J connectivity index is 1.44. The van der Waals surface area contributed by atoms with Gasteiger partial charge < -0.3 is 0 Å². The molecule has 1 aliphatic heterocycles. The van der Waals surface area contributed by atoms with Gasteiger partial charge in [-0.3, -0.25) is 4.57 Å². The van der Waals surface area contributed by atoms with Crippen molar-refractivity contribution in [2.45, 2.75) is 20.4 Å². The molecule has 1 aliphatic rings. The quantitative estimate of drug-likeness (QED) is 0.398. The van der Waals surface area contributed by atoms with Gasteiger partial charge in [0.1, 0.15) is 16.5 Å². The topological polar surface area (TPSA) is 89.9 Å². The van der Waals surface area contributed by atoms with E-state index in [1.54, 1.807) is 18.4 Å². The van der Waals surface area contributed by atoms with Crippen LogP contribution >= 0.6 is 11.3 Å². The summed E-state index contributed by atoms with van der Waals surface area (Å²) in [5, 5.41) is 29.3. The molecule has 0 saturated heterocycles. The molecule has 10 heteroatoms. The van der Waals surface area contributed by atoms with E-state index in [1.807, 2.05) is 42.3 Å². The van der Waals surface area contributed by atoms with Crippen molar-refractivity contribution in [3.63, 3.8) is 0 Å². The van der Waals surface area contributed by atoms with Crippen molar-refractivity contribution in [2.24, 2.45) is 12.1 Å². The Kier molecular flexibility index (Phi) is 4.80. The first kappa shape index (κ1) is 20.4. The van der Waals surface area contributed by atoms with Gasteiger partial charge >= 0.3 is 0 Å². The maximum atomic E-state index is 5.13. The summed E-state index contributed by atoms with van der Waals surface area (Å²) in [5.74, 6) is 2.13. The number of benzene rings is 2. The van der Waals surface area contributed by atoms with Gasteiger partial charge in [-0.05, 0) is 30.7 Å². The number of hydrazone groups is 1. The third kappa shape index (κ3) is 3.48. The molecule has 34 heavy (non-hydrogen) atoms. The molecule has 4 heterocycles. The van der Waals surface area contributed by atoms with Crippen LogP contribution in [0.5, 0.6) is 0 Å². The minimum Gasteiger partial charge on any atom is -0.254 e. The van der Waals surface area contributed by atoms with Crippen LogP contribution in [0.4, 0.5) is 5.95 Å². The molecule has 0 unspecified atom stereocenters. The lowest BCUT2D eigenvalue weighted by Gasteiger charge is -2.18. The number of hydrogen-bond acceptors (Lipinski definition) is 8. The summed E-state index contributed by atoms with van der Waals surface area (Å²) in [4.78, 5) is 2.67. The predicted octanol–water partition coefficient (Wildman–Crippen LogP) is 3.91. The van der Waals surface area contributed by atoms with Crippen LogP contribution < -0.4 is 5.01 Å². The molecular formula is C24H21N9S. The highest BCUT2D eigenvalue weighted by atomic mass is 32.1. The Bertz CT molecular complexity index is 1510. The standard InChI is InChI=1S/C24H21N9S/c1-15-13-20-21(18-7-5-4-6-8-18)28-32(24-27-25-16(2)33(24)23(20)34-15)14-17-9-11-19(12-10-17)22-26-30-31(3)29-22/h4-13H,14H2,1-3H3. The monoisotopic (exact) mass is 467 g/mol. The summed E-state index contributed by atoms with van der Waals surface area (Å²) in [5.41, 5.74) is 5.07. The van der Waals surface area contributed by atoms with Crippen LogP contribution in [0.1, 0.15) is 27.4 Å². The Morgan fingerprint density at radius 2 is 1.68 bits per heavy atom. The van der Waals surface area contributed by atoms with Gasteiger partial charge in [0, 0.05) is 21.6 Å². The number of nitrogens with zero attached hydrogens (tertiary/aromatic N) is 9. The van der Waals surface area contributed by atoms with Gasteiger partial charge in [-0.1, -0.05) is 54.6 Å². The lowest BCUT2D eigenvalue weighted by molar-refractivity contribution is 0.630. The summed E-state index contributed by atoms with van der Waals surface area (Å²) in [6.07, 6.45) is 0. The molecular weight excluding hydrogens is 446 g/mol. The molecule has 0 N–H and O–H groups in total. The van der Waals surface area contributed by atoms with Crippen LogP contribution in [-0.4, -0.2) is 40.7 Å². The largest absolute Gasteiger partial charge is 0.254 e. The van der Waals surface area contributed by atoms with Gasteiger partial charge in [0.05, 0.1) is 13.6 Å². The number of aryl methyl sites for hydroxylation is 3. The van der Waals surface area contributed by atoms with E-state index in [1.165, 1.54) is 9.67 Å². The highest BCUT2D eigenvalue weighted by Crippen LogP contribution is 2.35. The second-order valence-electron chi connectivity index (χ2n) is 8.13. The van der Waals surface area contributed by atoms with Gasteiger partial charge in [-0.25, -0.2) is 5.01 Å². The van der Waals surface area contributed by atoms with E-state index in [0.29, 0.717) is 18.3 Å². The molecule has 0 spiro atoms. The number of thiophene rings is 1.